The number of rotatable bonds is 4. The normalized spacial score (nSPS) is 13.0. The van der Waals surface area contributed by atoms with Crippen LogP contribution >= 0.6 is 11.3 Å². The number of aromatic nitrogens is 1. The predicted octanol–water partition coefficient (Wildman–Crippen LogP) is 3.12. The Labute approximate surface area is 142 Å². The van der Waals surface area contributed by atoms with Crippen molar-refractivity contribution in [2.75, 3.05) is 0 Å². The van der Waals surface area contributed by atoms with Gasteiger partial charge in [0, 0.05) is 9.75 Å². The summed E-state index contributed by atoms with van der Waals surface area (Å²) in [6.45, 7) is 0.454. The van der Waals surface area contributed by atoms with Crippen LogP contribution in [0, 0.1) is 0 Å². The van der Waals surface area contributed by atoms with Gasteiger partial charge in [0.25, 0.3) is 11.5 Å². The van der Waals surface area contributed by atoms with Crippen molar-refractivity contribution in [1.82, 2.24) is 10.3 Å². The monoisotopic (exact) mass is 340 g/mol. The van der Waals surface area contributed by atoms with Crippen molar-refractivity contribution in [3.8, 4) is 11.5 Å². The molecule has 0 spiro atoms. The number of hydrogen-bond acceptors (Lipinski definition) is 4. The molecule has 3 aromatic rings. The first-order chi connectivity index (χ1) is 11.7. The van der Waals surface area contributed by atoms with Gasteiger partial charge in [-0.25, -0.2) is 0 Å². The Bertz CT molecular complexity index is 916. The molecule has 0 unspecified atom stereocenters. The zero-order valence-electron chi connectivity index (χ0n) is 12.9. The number of carbonyl (C=O) groups excluding carboxylic acids is 1. The molecule has 5 nitrogen and oxygen atoms in total. The molecule has 0 atom stereocenters. The summed E-state index contributed by atoms with van der Waals surface area (Å²) in [4.78, 5) is 29.7. The van der Waals surface area contributed by atoms with Gasteiger partial charge in [0.05, 0.1) is 18.5 Å². The number of hydrogen-bond donors (Lipinski definition) is 2. The molecule has 1 aliphatic rings. The maximum Gasteiger partial charge on any atom is 0.261 e. The van der Waals surface area contributed by atoms with Crippen LogP contribution in [-0.4, -0.2) is 10.9 Å². The molecule has 0 bridgehead atoms. The Morgan fingerprint density at radius 3 is 2.96 bits per heavy atom. The molecule has 1 aliphatic carbocycles. The highest BCUT2D eigenvalue weighted by Crippen LogP contribution is 2.30. The number of amides is 1. The molecular formula is C18H16N2O3S. The number of carbonyl (C=O) groups is 1. The van der Waals surface area contributed by atoms with E-state index >= 15 is 0 Å². The molecule has 1 amide bonds. The predicted molar refractivity (Wildman–Crippen MR) is 92.3 cm³/mol. The first kappa shape index (κ1) is 15.0. The number of pyridine rings is 1. The molecular weight excluding hydrogens is 324 g/mol. The van der Waals surface area contributed by atoms with Crippen LogP contribution in [0.4, 0.5) is 0 Å². The highest BCUT2D eigenvalue weighted by molar-refractivity contribution is 7.12. The number of aromatic amines is 1. The second-order valence-corrected chi connectivity index (χ2v) is 7.01. The van der Waals surface area contributed by atoms with Crippen LogP contribution in [0.25, 0.3) is 11.5 Å². The summed E-state index contributed by atoms with van der Waals surface area (Å²) >= 11 is 1.75. The third-order valence-corrected chi connectivity index (χ3v) is 5.40. The molecule has 0 saturated heterocycles. The number of fused-ring (bicyclic) bond motifs is 1. The van der Waals surface area contributed by atoms with Gasteiger partial charge in [-0.05, 0) is 55.2 Å². The Kier molecular flexibility index (Phi) is 3.82. The van der Waals surface area contributed by atoms with E-state index in [1.165, 1.54) is 29.2 Å². The van der Waals surface area contributed by atoms with Gasteiger partial charge in [0.1, 0.15) is 11.3 Å². The molecule has 0 saturated carbocycles. The summed E-state index contributed by atoms with van der Waals surface area (Å²) in [5.74, 6) is 0.197. The Morgan fingerprint density at radius 2 is 2.21 bits per heavy atom. The van der Waals surface area contributed by atoms with E-state index in [-0.39, 0.29) is 11.5 Å². The molecule has 6 heteroatoms. The van der Waals surface area contributed by atoms with Crippen molar-refractivity contribution in [3.63, 3.8) is 0 Å². The van der Waals surface area contributed by atoms with E-state index in [1.54, 1.807) is 29.5 Å². The van der Waals surface area contributed by atoms with Gasteiger partial charge in [-0.2, -0.15) is 0 Å². The van der Waals surface area contributed by atoms with Crippen LogP contribution < -0.4 is 10.9 Å². The average Bonchev–Trinajstić information content (AvgIpc) is 3.29. The topological polar surface area (TPSA) is 75.1 Å². The van der Waals surface area contributed by atoms with Gasteiger partial charge in [-0.3, -0.25) is 9.59 Å². The summed E-state index contributed by atoms with van der Waals surface area (Å²) in [5.41, 5.74) is 1.64. The van der Waals surface area contributed by atoms with Gasteiger partial charge in [-0.15, -0.1) is 11.3 Å². The molecule has 0 aromatic carbocycles. The Balaban J connectivity index is 1.47. The highest BCUT2D eigenvalue weighted by Gasteiger charge is 2.16. The summed E-state index contributed by atoms with van der Waals surface area (Å²) in [6.07, 6.45) is 5.04. The number of H-pyrrole nitrogens is 1. The summed E-state index contributed by atoms with van der Waals surface area (Å²) in [7, 11) is 0. The molecule has 3 heterocycles. The van der Waals surface area contributed by atoms with E-state index < -0.39 is 5.56 Å². The highest BCUT2D eigenvalue weighted by atomic mass is 32.1. The zero-order chi connectivity index (χ0) is 16.5. The van der Waals surface area contributed by atoms with Gasteiger partial charge in [-0.1, -0.05) is 0 Å². The molecule has 0 radical (unpaired) electrons. The molecule has 24 heavy (non-hydrogen) atoms. The van der Waals surface area contributed by atoms with Gasteiger partial charge in [0.15, 0.2) is 0 Å². The van der Waals surface area contributed by atoms with Crippen LogP contribution in [0.3, 0.4) is 0 Å². The van der Waals surface area contributed by atoms with Crippen molar-refractivity contribution in [2.45, 2.75) is 25.8 Å². The van der Waals surface area contributed by atoms with Gasteiger partial charge >= 0.3 is 0 Å². The molecule has 4 rings (SSSR count). The lowest BCUT2D eigenvalue weighted by Gasteiger charge is -2.04. The van der Waals surface area contributed by atoms with E-state index in [1.807, 2.05) is 0 Å². The zero-order valence-corrected chi connectivity index (χ0v) is 13.7. The SMILES string of the molecule is O=C(NCc1cc2c(s1)CCC2)c1ccc(-c2ccco2)[nH]c1=O. The lowest BCUT2D eigenvalue weighted by atomic mass is 10.2. The lowest BCUT2D eigenvalue weighted by molar-refractivity contribution is 0.0950. The van der Waals surface area contributed by atoms with E-state index in [0.29, 0.717) is 18.0 Å². The van der Waals surface area contributed by atoms with Gasteiger partial charge < -0.3 is 14.7 Å². The quantitative estimate of drug-likeness (QED) is 0.766. The third-order valence-electron chi connectivity index (χ3n) is 4.16. The number of nitrogens with one attached hydrogen (secondary N) is 2. The smallest absolute Gasteiger partial charge is 0.261 e. The molecule has 3 aromatic heterocycles. The molecule has 2 N–H and O–H groups in total. The second kappa shape index (κ2) is 6.13. The van der Waals surface area contributed by atoms with Crippen molar-refractivity contribution in [1.29, 1.82) is 0 Å². The summed E-state index contributed by atoms with van der Waals surface area (Å²) in [6, 6.07) is 8.86. The van der Waals surface area contributed by atoms with Crippen LogP contribution in [0.1, 0.15) is 32.1 Å². The van der Waals surface area contributed by atoms with Crippen LogP contribution in [0.5, 0.6) is 0 Å². The number of furan rings is 1. The Hall–Kier alpha value is -2.60. The van der Waals surface area contributed by atoms with Crippen molar-refractivity contribution in [3.05, 3.63) is 67.8 Å². The largest absolute Gasteiger partial charge is 0.463 e. The fraction of sp³-hybridized carbons (Fsp3) is 0.222. The Morgan fingerprint density at radius 1 is 1.29 bits per heavy atom. The minimum absolute atomic E-state index is 0.106. The molecule has 0 fully saturated rings. The maximum absolute atomic E-state index is 12.3. The van der Waals surface area contributed by atoms with E-state index in [2.05, 4.69) is 16.4 Å². The van der Waals surface area contributed by atoms with Crippen molar-refractivity contribution >= 4 is 17.2 Å². The fourth-order valence-corrected chi connectivity index (χ4v) is 4.17. The number of thiophene rings is 1. The molecule has 0 aliphatic heterocycles. The second-order valence-electron chi connectivity index (χ2n) is 5.79. The summed E-state index contributed by atoms with van der Waals surface area (Å²) in [5, 5.41) is 2.83. The standard InChI is InChI=1S/C18H16N2O3S/c21-17(19-10-12-9-11-3-1-5-16(11)24-12)13-6-7-14(20-18(13)22)15-4-2-8-23-15/h2,4,6-9H,1,3,5,10H2,(H,19,21)(H,20,22). The average molecular weight is 340 g/mol. The van der Waals surface area contributed by atoms with Crippen LogP contribution in [0.15, 0.2) is 45.8 Å². The third kappa shape index (κ3) is 2.80. The minimum atomic E-state index is -0.421. The number of aryl methyl sites for hydroxylation is 2. The lowest BCUT2D eigenvalue weighted by Crippen LogP contribution is -2.29. The van der Waals surface area contributed by atoms with Crippen molar-refractivity contribution < 1.29 is 9.21 Å². The fourth-order valence-electron chi connectivity index (χ4n) is 2.97. The minimum Gasteiger partial charge on any atom is -0.463 e. The van der Waals surface area contributed by atoms with Gasteiger partial charge in [0.2, 0.25) is 0 Å². The first-order valence-electron chi connectivity index (χ1n) is 7.86. The maximum atomic E-state index is 12.3. The van der Waals surface area contributed by atoms with Crippen LogP contribution in [-0.2, 0) is 19.4 Å². The van der Waals surface area contributed by atoms with Crippen molar-refractivity contribution in [2.24, 2.45) is 0 Å². The molecule has 122 valence electrons. The van der Waals surface area contributed by atoms with E-state index in [4.69, 9.17) is 4.42 Å². The first-order valence-corrected chi connectivity index (χ1v) is 8.68. The van der Waals surface area contributed by atoms with E-state index in [0.717, 1.165) is 17.7 Å². The summed E-state index contributed by atoms with van der Waals surface area (Å²) < 4.78 is 5.24. The van der Waals surface area contributed by atoms with E-state index in [9.17, 15) is 9.59 Å². The van der Waals surface area contributed by atoms with Crippen LogP contribution in [0.2, 0.25) is 0 Å².